The van der Waals surface area contributed by atoms with Crippen LogP contribution in [0, 0.1) is 0 Å². The topological polar surface area (TPSA) is 19.4 Å². The first kappa shape index (κ1) is 11.0. The molecule has 0 aliphatic carbocycles. The lowest BCUT2D eigenvalue weighted by Gasteiger charge is -2.37. The molecule has 3 nitrogen and oxygen atoms in total. The summed E-state index contributed by atoms with van der Waals surface area (Å²) in [6.45, 7) is 8.68. The zero-order valence-electron chi connectivity index (χ0n) is 10.2. The van der Waals surface area contributed by atoms with Gasteiger partial charge in [0, 0.05) is 31.3 Å². The Hall–Kier alpha value is -1.51. The van der Waals surface area contributed by atoms with Crippen molar-refractivity contribution in [2.75, 3.05) is 13.2 Å². The van der Waals surface area contributed by atoms with Gasteiger partial charge in [0.1, 0.15) is 0 Å². The van der Waals surface area contributed by atoms with Gasteiger partial charge in [-0.05, 0) is 38.5 Å². The van der Waals surface area contributed by atoms with Crippen LogP contribution in [0.4, 0.5) is 0 Å². The third-order valence-corrected chi connectivity index (χ3v) is 3.30. The van der Waals surface area contributed by atoms with Crippen molar-refractivity contribution in [1.29, 1.82) is 0 Å². The normalized spacial score (nSPS) is 15.9. The van der Waals surface area contributed by atoms with Crippen molar-refractivity contribution in [3.05, 3.63) is 42.5 Å². The molecule has 0 bridgehead atoms. The van der Waals surface area contributed by atoms with E-state index < -0.39 is 0 Å². The summed E-state index contributed by atoms with van der Waals surface area (Å²) in [5.41, 5.74) is 1.31. The summed E-state index contributed by atoms with van der Waals surface area (Å²) in [6.07, 6.45) is 8.04. The molecule has 1 aliphatic rings. The quantitative estimate of drug-likeness (QED) is 0.775. The first-order chi connectivity index (χ1) is 7.64. The maximum absolute atomic E-state index is 4.07. The van der Waals surface area contributed by atoms with Crippen LogP contribution in [-0.2, 0) is 5.54 Å². The number of rotatable bonds is 3. The van der Waals surface area contributed by atoms with Gasteiger partial charge in [0.05, 0.1) is 12.2 Å². The third-order valence-electron chi connectivity index (χ3n) is 3.30. The van der Waals surface area contributed by atoms with E-state index in [2.05, 4.69) is 60.1 Å². The number of hydrogen-bond acceptors (Lipinski definition) is 3. The van der Waals surface area contributed by atoms with Gasteiger partial charge in [0.25, 0.3) is 0 Å². The van der Waals surface area contributed by atoms with Gasteiger partial charge in [0.2, 0.25) is 0 Å². The number of aromatic nitrogens is 1. The fourth-order valence-corrected chi connectivity index (χ4v) is 1.96. The van der Waals surface area contributed by atoms with Crippen LogP contribution in [0.15, 0.2) is 36.9 Å². The lowest BCUT2D eigenvalue weighted by molar-refractivity contribution is 0.148. The van der Waals surface area contributed by atoms with Crippen LogP contribution in [0.25, 0.3) is 0 Å². The van der Waals surface area contributed by atoms with Gasteiger partial charge in [-0.3, -0.25) is 4.98 Å². The van der Waals surface area contributed by atoms with E-state index in [4.69, 9.17) is 0 Å². The van der Waals surface area contributed by atoms with Gasteiger partial charge in [-0.15, -0.1) is 0 Å². The highest BCUT2D eigenvalue weighted by atomic mass is 15.4. The second-order valence-electron chi connectivity index (χ2n) is 4.61. The van der Waals surface area contributed by atoms with Gasteiger partial charge in [-0.25, -0.2) is 0 Å². The van der Waals surface area contributed by atoms with E-state index in [1.54, 1.807) is 0 Å². The number of pyridine rings is 1. The first-order valence-electron chi connectivity index (χ1n) is 5.74. The van der Waals surface area contributed by atoms with Gasteiger partial charge >= 0.3 is 0 Å². The van der Waals surface area contributed by atoms with Crippen molar-refractivity contribution in [2.45, 2.75) is 26.3 Å². The predicted octanol–water partition coefficient (Wildman–Crippen LogP) is 2.38. The van der Waals surface area contributed by atoms with Crippen LogP contribution < -0.4 is 0 Å². The Morgan fingerprint density at radius 1 is 1.25 bits per heavy atom. The van der Waals surface area contributed by atoms with Crippen molar-refractivity contribution < 1.29 is 0 Å². The molecule has 16 heavy (non-hydrogen) atoms. The van der Waals surface area contributed by atoms with Crippen molar-refractivity contribution in [3.63, 3.8) is 0 Å². The van der Waals surface area contributed by atoms with E-state index in [1.807, 2.05) is 12.4 Å². The van der Waals surface area contributed by atoms with Crippen molar-refractivity contribution in [1.82, 2.24) is 14.8 Å². The minimum atomic E-state index is 0.0172. The third kappa shape index (κ3) is 1.90. The fraction of sp³-hybridized carbons (Fsp3) is 0.462. The molecule has 2 heterocycles. The van der Waals surface area contributed by atoms with E-state index in [1.165, 1.54) is 5.56 Å². The van der Waals surface area contributed by atoms with Crippen molar-refractivity contribution in [3.8, 4) is 0 Å². The molecule has 1 aromatic heterocycles. The SMILES string of the molecule is CCN1C=CN(C(C)(C)c2ccncc2)C1. The average Bonchev–Trinajstić information content (AvgIpc) is 2.79. The molecule has 0 aromatic carbocycles. The van der Waals surface area contributed by atoms with Crippen molar-refractivity contribution >= 4 is 0 Å². The lowest BCUT2D eigenvalue weighted by Crippen LogP contribution is -2.39. The monoisotopic (exact) mass is 217 g/mol. The second kappa shape index (κ2) is 4.16. The largest absolute Gasteiger partial charge is 0.359 e. The smallest absolute Gasteiger partial charge is 0.0901 e. The summed E-state index contributed by atoms with van der Waals surface area (Å²) in [5.74, 6) is 0. The highest BCUT2D eigenvalue weighted by Crippen LogP contribution is 2.29. The molecule has 3 heteroatoms. The second-order valence-corrected chi connectivity index (χ2v) is 4.61. The number of nitrogens with zero attached hydrogens (tertiary/aromatic N) is 3. The Bertz CT molecular complexity index is 370. The Morgan fingerprint density at radius 3 is 2.50 bits per heavy atom. The van der Waals surface area contributed by atoms with Gasteiger partial charge < -0.3 is 9.80 Å². The van der Waals surface area contributed by atoms with Crippen LogP contribution in [-0.4, -0.2) is 28.0 Å². The van der Waals surface area contributed by atoms with E-state index in [-0.39, 0.29) is 5.54 Å². The lowest BCUT2D eigenvalue weighted by atomic mass is 9.94. The van der Waals surface area contributed by atoms with Crippen LogP contribution in [0.3, 0.4) is 0 Å². The zero-order chi connectivity index (χ0) is 11.6. The van der Waals surface area contributed by atoms with Gasteiger partial charge in [-0.2, -0.15) is 0 Å². The predicted molar refractivity (Wildman–Crippen MR) is 65.5 cm³/mol. The van der Waals surface area contributed by atoms with Gasteiger partial charge in [-0.1, -0.05) is 0 Å². The van der Waals surface area contributed by atoms with Crippen molar-refractivity contribution in [2.24, 2.45) is 0 Å². The summed E-state index contributed by atoms with van der Waals surface area (Å²) >= 11 is 0. The van der Waals surface area contributed by atoms with Gasteiger partial charge in [0.15, 0.2) is 0 Å². The maximum atomic E-state index is 4.07. The molecule has 0 unspecified atom stereocenters. The molecule has 0 amide bonds. The Balaban J connectivity index is 2.18. The molecule has 0 N–H and O–H groups in total. The molecule has 0 saturated heterocycles. The summed E-state index contributed by atoms with van der Waals surface area (Å²) < 4.78 is 0. The molecule has 0 fully saturated rings. The molecule has 2 rings (SSSR count). The summed E-state index contributed by atoms with van der Waals surface area (Å²) in [6, 6.07) is 4.17. The molecule has 0 atom stereocenters. The molecule has 86 valence electrons. The van der Waals surface area contributed by atoms with Crippen LogP contribution in [0.5, 0.6) is 0 Å². The van der Waals surface area contributed by atoms with E-state index in [9.17, 15) is 0 Å². The van der Waals surface area contributed by atoms with Crippen LogP contribution in [0.2, 0.25) is 0 Å². The standard InChI is InChI=1S/C13H19N3/c1-4-15-9-10-16(11-15)13(2,3)12-5-7-14-8-6-12/h5-10H,4,11H2,1-3H3. The minimum absolute atomic E-state index is 0.0172. The summed E-state index contributed by atoms with van der Waals surface area (Å²) in [5, 5.41) is 0. The minimum Gasteiger partial charge on any atom is -0.359 e. The Morgan fingerprint density at radius 2 is 1.94 bits per heavy atom. The molecular weight excluding hydrogens is 198 g/mol. The molecule has 1 aromatic rings. The first-order valence-corrected chi connectivity index (χ1v) is 5.74. The van der Waals surface area contributed by atoms with E-state index in [0.717, 1.165) is 13.2 Å². The summed E-state index contributed by atoms with van der Waals surface area (Å²) in [7, 11) is 0. The molecule has 0 radical (unpaired) electrons. The maximum Gasteiger partial charge on any atom is 0.0901 e. The molecule has 0 saturated carbocycles. The zero-order valence-corrected chi connectivity index (χ0v) is 10.2. The Kier molecular flexibility index (Phi) is 2.86. The molecular formula is C13H19N3. The van der Waals surface area contributed by atoms with Crippen LogP contribution in [0.1, 0.15) is 26.3 Å². The van der Waals surface area contributed by atoms with Crippen LogP contribution >= 0.6 is 0 Å². The summed E-state index contributed by atoms with van der Waals surface area (Å²) in [4.78, 5) is 8.72. The highest BCUT2D eigenvalue weighted by Gasteiger charge is 2.29. The van der Waals surface area contributed by atoms with E-state index >= 15 is 0 Å². The van der Waals surface area contributed by atoms with E-state index in [0.29, 0.717) is 0 Å². The molecule has 1 aliphatic heterocycles. The number of hydrogen-bond donors (Lipinski definition) is 0. The molecule has 0 spiro atoms. The Labute approximate surface area is 97.4 Å². The highest BCUT2D eigenvalue weighted by molar-refractivity contribution is 5.21. The fourth-order valence-electron chi connectivity index (χ4n) is 1.96. The average molecular weight is 217 g/mol.